The lowest BCUT2D eigenvalue weighted by atomic mass is 10.1. The minimum Gasteiger partial charge on any atom is -0.496 e. The number of nitrogens with zero attached hydrogens (tertiary/aromatic N) is 2. The van der Waals surface area contributed by atoms with Crippen LogP contribution in [0.5, 0.6) is 5.75 Å². The fraction of sp³-hybridized carbons (Fsp3) is 0.368. The zero-order valence-corrected chi connectivity index (χ0v) is 15.0. The highest BCUT2D eigenvalue weighted by atomic mass is 19.1. The van der Waals surface area contributed by atoms with Crippen LogP contribution in [-0.2, 0) is 0 Å². The van der Waals surface area contributed by atoms with Gasteiger partial charge in [-0.3, -0.25) is 4.98 Å². The van der Waals surface area contributed by atoms with E-state index in [4.69, 9.17) is 4.74 Å². The molecule has 0 unspecified atom stereocenters. The Morgan fingerprint density at radius 2 is 2.08 bits per heavy atom. The molecule has 0 aliphatic heterocycles. The molecule has 2 aromatic rings. The van der Waals surface area contributed by atoms with Crippen LogP contribution < -0.4 is 10.1 Å². The molecule has 0 radical (unpaired) electrons. The first kappa shape index (κ1) is 18.7. The number of halogens is 1. The van der Waals surface area contributed by atoms with Gasteiger partial charge < -0.3 is 15.0 Å². The zero-order valence-electron chi connectivity index (χ0n) is 15.0. The highest BCUT2D eigenvalue weighted by Crippen LogP contribution is 2.28. The predicted molar refractivity (Wildman–Crippen MR) is 94.9 cm³/mol. The summed E-state index contributed by atoms with van der Waals surface area (Å²) in [5.41, 5.74) is 1.28. The molecular formula is C19H24FN3O2. The van der Waals surface area contributed by atoms with Gasteiger partial charge in [0.2, 0.25) is 0 Å². The third-order valence-corrected chi connectivity index (χ3v) is 4.24. The second kappa shape index (κ2) is 8.46. The van der Waals surface area contributed by atoms with Gasteiger partial charge in [0.15, 0.2) is 0 Å². The summed E-state index contributed by atoms with van der Waals surface area (Å²) in [6, 6.07) is 7.44. The molecule has 0 aliphatic carbocycles. The maximum atomic E-state index is 14.2. The summed E-state index contributed by atoms with van der Waals surface area (Å²) in [7, 11) is 1.48. The average Bonchev–Trinajstić information content (AvgIpc) is 2.62. The van der Waals surface area contributed by atoms with Crippen LogP contribution in [0, 0.1) is 5.82 Å². The Hall–Kier alpha value is -2.63. The second-order valence-electron chi connectivity index (χ2n) is 5.78. The van der Waals surface area contributed by atoms with Crippen LogP contribution in [0.15, 0.2) is 42.7 Å². The minimum absolute atomic E-state index is 0.145. The Kier molecular flexibility index (Phi) is 6.33. The van der Waals surface area contributed by atoms with Gasteiger partial charge in [-0.15, -0.1) is 0 Å². The van der Waals surface area contributed by atoms with Crippen molar-refractivity contribution in [2.75, 3.05) is 13.7 Å². The van der Waals surface area contributed by atoms with Gasteiger partial charge in [0.25, 0.3) is 0 Å². The van der Waals surface area contributed by atoms with E-state index in [1.54, 1.807) is 36.4 Å². The molecule has 0 spiro atoms. The molecule has 2 atom stereocenters. The summed E-state index contributed by atoms with van der Waals surface area (Å²) in [5, 5.41) is 2.86. The molecule has 0 fully saturated rings. The minimum atomic E-state index is -0.529. The van der Waals surface area contributed by atoms with E-state index in [9.17, 15) is 9.18 Å². The maximum absolute atomic E-state index is 14.2. The summed E-state index contributed by atoms with van der Waals surface area (Å²) in [4.78, 5) is 18.5. The Labute approximate surface area is 147 Å². The second-order valence-corrected chi connectivity index (χ2v) is 5.78. The Bertz CT molecular complexity index is 709. The number of pyridine rings is 1. The van der Waals surface area contributed by atoms with Crippen molar-refractivity contribution >= 4 is 6.03 Å². The molecule has 0 aliphatic rings. The molecule has 6 heteroatoms. The Morgan fingerprint density at radius 3 is 2.68 bits per heavy atom. The molecule has 0 saturated heterocycles. The van der Waals surface area contributed by atoms with Crippen LogP contribution in [0.25, 0.3) is 0 Å². The molecule has 134 valence electrons. The largest absolute Gasteiger partial charge is 0.496 e. The van der Waals surface area contributed by atoms with Crippen LogP contribution in [0.4, 0.5) is 9.18 Å². The highest BCUT2D eigenvalue weighted by Gasteiger charge is 2.24. The van der Waals surface area contributed by atoms with Gasteiger partial charge >= 0.3 is 6.03 Å². The molecule has 2 amide bonds. The fourth-order valence-corrected chi connectivity index (χ4v) is 2.85. The normalized spacial score (nSPS) is 13.0. The van der Waals surface area contributed by atoms with Crippen molar-refractivity contribution in [1.29, 1.82) is 0 Å². The maximum Gasteiger partial charge on any atom is 0.318 e. The van der Waals surface area contributed by atoms with Gasteiger partial charge in [-0.2, -0.15) is 0 Å². The van der Waals surface area contributed by atoms with Gasteiger partial charge in [-0.1, -0.05) is 12.1 Å². The summed E-state index contributed by atoms with van der Waals surface area (Å²) in [6.07, 6.45) is 3.43. The topological polar surface area (TPSA) is 54.5 Å². The zero-order chi connectivity index (χ0) is 18.4. The van der Waals surface area contributed by atoms with E-state index in [-0.39, 0.29) is 12.1 Å². The number of methoxy groups -OCH3 is 1. The highest BCUT2D eigenvalue weighted by molar-refractivity contribution is 5.75. The van der Waals surface area contributed by atoms with E-state index < -0.39 is 11.9 Å². The van der Waals surface area contributed by atoms with Crippen LogP contribution >= 0.6 is 0 Å². The molecule has 1 heterocycles. The van der Waals surface area contributed by atoms with E-state index in [0.29, 0.717) is 17.9 Å². The van der Waals surface area contributed by atoms with Gasteiger partial charge in [0.05, 0.1) is 24.8 Å². The number of amides is 2. The number of aromatic nitrogens is 1. The SMILES string of the molecule is CCN(C(=O)N[C@H](C)c1c(F)cccc1OC)[C@@H](C)c1cccnc1. The average molecular weight is 345 g/mol. The smallest absolute Gasteiger partial charge is 0.318 e. The van der Waals surface area contributed by atoms with Crippen molar-refractivity contribution in [3.63, 3.8) is 0 Å². The number of carbonyl (C=O) groups excluding carboxylic acids is 1. The van der Waals surface area contributed by atoms with E-state index in [1.807, 2.05) is 26.0 Å². The Balaban J connectivity index is 2.17. The molecule has 5 nitrogen and oxygen atoms in total. The quantitative estimate of drug-likeness (QED) is 0.858. The predicted octanol–water partition coefficient (Wildman–Crippen LogP) is 4.08. The van der Waals surface area contributed by atoms with Crippen molar-refractivity contribution in [2.45, 2.75) is 32.9 Å². The van der Waals surface area contributed by atoms with Crippen LogP contribution in [0.2, 0.25) is 0 Å². The lowest BCUT2D eigenvalue weighted by molar-refractivity contribution is 0.179. The number of benzene rings is 1. The molecule has 0 bridgehead atoms. The van der Waals surface area contributed by atoms with E-state index in [0.717, 1.165) is 5.56 Å². The molecule has 25 heavy (non-hydrogen) atoms. The lowest BCUT2D eigenvalue weighted by Crippen LogP contribution is -2.42. The monoisotopic (exact) mass is 345 g/mol. The van der Waals surface area contributed by atoms with E-state index in [2.05, 4.69) is 10.3 Å². The number of hydrogen-bond donors (Lipinski definition) is 1. The standard InChI is InChI=1S/C19H24FN3O2/c1-5-23(14(3)15-8-7-11-21-12-15)19(24)22-13(2)18-16(20)9-6-10-17(18)25-4/h6-14H,5H2,1-4H3,(H,22,24)/t13-,14+/m1/s1. The number of carbonyl (C=O) groups is 1. The molecule has 1 N–H and O–H groups in total. The molecule has 2 rings (SSSR count). The number of urea groups is 1. The van der Waals surface area contributed by atoms with Crippen molar-refractivity contribution in [3.05, 3.63) is 59.7 Å². The first-order chi connectivity index (χ1) is 12.0. The van der Waals surface area contributed by atoms with Crippen molar-refractivity contribution in [1.82, 2.24) is 15.2 Å². The van der Waals surface area contributed by atoms with Gasteiger partial charge in [-0.05, 0) is 44.5 Å². The summed E-state index contributed by atoms with van der Waals surface area (Å²) >= 11 is 0. The van der Waals surface area contributed by atoms with Crippen molar-refractivity contribution < 1.29 is 13.9 Å². The molecular weight excluding hydrogens is 321 g/mol. The summed E-state index contributed by atoms with van der Waals surface area (Å²) < 4.78 is 19.4. The van der Waals surface area contributed by atoms with Crippen LogP contribution in [-0.4, -0.2) is 29.6 Å². The summed E-state index contributed by atoms with van der Waals surface area (Å²) in [5.74, 6) is 0.00617. The number of ether oxygens (including phenoxy) is 1. The van der Waals surface area contributed by atoms with E-state index >= 15 is 0 Å². The third-order valence-electron chi connectivity index (χ3n) is 4.24. The first-order valence-electron chi connectivity index (χ1n) is 8.29. The van der Waals surface area contributed by atoms with E-state index in [1.165, 1.54) is 13.2 Å². The van der Waals surface area contributed by atoms with Crippen LogP contribution in [0.1, 0.15) is 44.0 Å². The van der Waals surface area contributed by atoms with Crippen molar-refractivity contribution in [2.24, 2.45) is 0 Å². The summed E-state index contributed by atoms with van der Waals surface area (Å²) in [6.45, 7) is 6.10. The van der Waals surface area contributed by atoms with Crippen molar-refractivity contribution in [3.8, 4) is 5.75 Å². The number of hydrogen-bond acceptors (Lipinski definition) is 3. The first-order valence-corrected chi connectivity index (χ1v) is 8.29. The van der Waals surface area contributed by atoms with Gasteiger partial charge in [0.1, 0.15) is 11.6 Å². The Morgan fingerprint density at radius 1 is 1.32 bits per heavy atom. The van der Waals surface area contributed by atoms with Gasteiger partial charge in [0, 0.05) is 18.9 Å². The van der Waals surface area contributed by atoms with Gasteiger partial charge in [-0.25, -0.2) is 9.18 Å². The molecule has 1 aromatic carbocycles. The number of nitrogens with one attached hydrogen (secondary N) is 1. The number of rotatable bonds is 6. The lowest BCUT2D eigenvalue weighted by Gasteiger charge is -2.30. The third kappa shape index (κ3) is 4.26. The molecule has 1 aromatic heterocycles. The molecule has 0 saturated carbocycles. The fourth-order valence-electron chi connectivity index (χ4n) is 2.85. The van der Waals surface area contributed by atoms with Crippen LogP contribution in [0.3, 0.4) is 0 Å².